The third-order valence-electron chi connectivity index (χ3n) is 6.12. The lowest BCUT2D eigenvalue weighted by molar-refractivity contribution is -0.130. The zero-order chi connectivity index (χ0) is 22.5. The number of hydrogen-bond acceptors (Lipinski definition) is 5. The van der Waals surface area contributed by atoms with Crippen LogP contribution in [-0.2, 0) is 9.59 Å². The molecule has 3 atom stereocenters. The van der Waals surface area contributed by atoms with Gasteiger partial charge in [-0.1, -0.05) is 56.2 Å². The van der Waals surface area contributed by atoms with Crippen molar-refractivity contribution in [3.63, 3.8) is 0 Å². The van der Waals surface area contributed by atoms with Gasteiger partial charge in [0.2, 0.25) is 0 Å². The van der Waals surface area contributed by atoms with Crippen LogP contribution in [0.2, 0.25) is 0 Å². The molecular weight excluding hydrogens is 385 g/mol. The molecule has 0 saturated heterocycles. The third kappa shape index (κ3) is 10.8. The first kappa shape index (κ1) is 28.4. The van der Waals surface area contributed by atoms with Crippen LogP contribution in [0.25, 0.3) is 0 Å². The van der Waals surface area contributed by atoms with Crippen molar-refractivity contribution in [3.8, 4) is 0 Å². The normalized spacial score (nSPS) is 15.6. The van der Waals surface area contributed by atoms with Crippen molar-refractivity contribution in [2.24, 2.45) is 10.8 Å². The first-order chi connectivity index (χ1) is 13.6. The van der Waals surface area contributed by atoms with Gasteiger partial charge in [0.1, 0.15) is 5.78 Å². The highest BCUT2D eigenvalue weighted by Crippen LogP contribution is 2.35. The Kier molecular flexibility index (Phi) is 14.1. The molecule has 170 valence electrons. The van der Waals surface area contributed by atoms with Gasteiger partial charge in [0, 0.05) is 36.6 Å². The summed E-state index contributed by atoms with van der Waals surface area (Å²) in [5.74, 6) is 0.249. The largest absolute Gasteiger partial charge is 0.393 e. The van der Waals surface area contributed by atoms with E-state index in [4.69, 9.17) is 5.11 Å². The molecule has 0 spiro atoms. The Hall–Kier alpha value is -0.610. The minimum absolute atomic E-state index is 0.0463. The van der Waals surface area contributed by atoms with Crippen molar-refractivity contribution in [2.75, 3.05) is 25.7 Å². The van der Waals surface area contributed by atoms with Crippen LogP contribution in [0.15, 0.2) is 12.7 Å². The van der Waals surface area contributed by atoms with Gasteiger partial charge in [-0.25, -0.2) is 0 Å². The van der Waals surface area contributed by atoms with Crippen LogP contribution in [0.4, 0.5) is 0 Å². The molecule has 0 aromatic heterocycles. The van der Waals surface area contributed by atoms with Gasteiger partial charge in [-0.15, -0.1) is 0 Å². The number of nitrogens with zero attached hydrogens (tertiary/aromatic N) is 1. The average Bonchev–Trinajstić information content (AvgIpc) is 2.70. The fourth-order valence-electron chi connectivity index (χ4n) is 3.33. The van der Waals surface area contributed by atoms with Crippen LogP contribution in [0.5, 0.6) is 0 Å². The Morgan fingerprint density at radius 2 is 1.79 bits per heavy atom. The summed E-state index contributed by atoms with van der Waals surface area (Å²) in [6, 6.07) is 0. The second kappa shape index (κ2) is 14.4. The molecule has 0 aromatic rings. The molecule has 6 heteroatoms. The van der Waals surface area contributed by atoms with Gasteiger partial charge in [0.25, 0.3) is 0 Å². The maximum Gasteiger partial charge on any atom is 0.160 e. The highest BCUT2D eigenvalue weighted by Gasteiger charge is 2.34. The Labute approximate surface area is 180 Å². The van der Waals surface area contributed by atoms with Crippen molar-refractivity contribution in [1.82, 2.24) is 4.90 Å². The number of ketones is 2. The van der Waals surface area contributed by atoms with Gasteiger partial charge in [-0.2, -0.15) is 0 Å². The number of carbonyl (C=O) groups excluding carboxylic acids is 2. The molecule has 0 aliphatic heterocycles. The van der Waals surface area contributed by atoms with E-state index in [1.807, 2.05) is 27.7 Å². The second-order valence-corrected chi connectivity index (χ2v) is 10.1. The molecule has 0 fully saturated rings. The van der Waals surface area contributed by atoms with E-state index < -0.39 is 10.8 Å². The van der Waals surface area contributed by atoms with Gasteiger partial charge in [-0.3, -0.25) is 14.5 Å². The predicted molar refractivity (Wildman–Crippen MR) is 124 cm³/mol. The van der Waals surface area contributed by atoms with Gasteiger partial charge in [0.05, 0.1) is 12.5 Å². The third-order valence-corrected chi connectivity index (χ3v) is 7.01. The standard InChI is InChI=1S/C23H44NO4P/c1-7-10-19(26)11-15-24(17-29-18-25)16-12-21(28)22(4,5)13-14-23(6,9-3)20(27)8-2/h8,19,25-26,29H,2,7,9-18H2,1,3-6H3. The summed E-state index contributed by atoms with van der Waals surface area (Å²) in [6.07, 6.45) is 6.97. The molecule has 3 unspecified atom stereocenters. The summed E-state index contributed by atoms with van der Waals surface area (Å²) in [4.78, 5) is 27.3. The van der Waals surface area contributed by atoms with Crippen LogP contribution in [0.3, 0.4) is 0 Å². The lowest BCUT2D eigenvalue weighted by Crippen LogP contribution is -2.34. The lowest BCUT2D eigenvalue weighted by atomic mass is 9.72. The molecule has 0 aliphatic carbocycles. The minimum Gasteiger partial charge on any atom is -0.393 e. The van der Waals surface area contributed by atoms with E-state index in [1.54, 1.807) is 0 Å². The van der Waals surface area contributed by atoms with Crippen molar-refractivity contribution < 1.29 is 19.8 Å². The maximum absolute atomic E-state index is 12.9. The van der Waals surface area contributed by atoms with E-state index in [1.165, 1.54) is 6.08 Å². The molecule has 0 rings (SSSR count). The summed E-state index contributed by atoms with van der Waals surface area (Å²) in [5.41, 5.74) is -0.937. The highest BCUT2D eigenvalue weighted by atomic mass is 31.1. The first-order valence-corrected chi connectivity index (χ1v) is 12.4. The summed E-state index contributed by atoms with van der Waals surface area (Å²) in [5, 5.41) is 19.1. The second-order valence-electron chi connectivity index (χ2n) is 8.96. The van der Waals surface area contributed by atoms with Gasteiger partial charge >= 0.3 is 0 Å². The molecule has 29 heavy (non-hydrogen) atoms. The number of aliphatic hydroxyl groups is 2. The number of rotatable bonds is 18. The van der Waals surface area contributed by atoms with Gasteiger partial charge < -0.3 is 10.2 Å². The Bertz CT molecular complexity index is 509. The van der Waals surface area contributed by atoms with Crippen molar-refractivity contribution in [1.29, 1.82) is 0 Å². The van der Waals surface area contributed by atoms with Crippen molar-refractivity contribution >= 4 is 20.1 Å². The zero-order valence-electron chi connectivity index (χ0n) is 19.3. The van der Waals surface area contributed by atoms with E-state index in [-0.39, 0.29) is 24.0 Å². The fourth-order valence-corrected chi connectivity index (χ4v) is 4.07. The van der Waals surface area contributed by atoms with E-state index in [0.717, 1.165) is 32.1 Å². The van der Waals surface area contributed by atoms with E-state index in [2.05, 4.69) is 18.4 Å². The molecular formula is C23H44NO4P. The molecule has 0 heterocycles. The van der Waals surface area contributed by atoms with Crippen molar-refractivity contribution in [2.45, 2.75) is 85.7 Å². The smallest absolute Gasteiger partial charge is 0.160 e. The topological polar surface area (TPSA) is 77.8 Å². The van der Waals surface area contributed by atoms with Crippen LogP contribution >= 0.6 is 8.58 Å². The highest BCUT2D eigenvalue weighted by molar-refractivity contribution is 7.37. The van der Waals surface area contributed by atoms with Crippen LogP contribution < -0.4 is 0 Å². The summed E-state index contributed by atoms with van der Waals surface area (Å²) >= 11 is 0. The van der Waals surface area contributed by atoms with Crippen molar-refractivity contribution in [3.05, 3.63) is 12.7 Å². The minimum atomic E-state index is -0.482. The lowest BCUT2D eigenvalue weighted by Gasteiger charge is -2.31. The SMILES string of the molecule is C=CC(=O)C(C)(CC)CCC(C)(C)C(=O)CCN(CCC(O)CCC)CPCO. The zero-order valence-corrected chi connectivity index (χ0v) is 20.3. The summed E-state index contributed by atoms with van der Waals surface area (Å²) in [7, 11) is 0.421. The number of carbonyl (C=O) groups is 2. The van der Waals surface area contributed by atoms with E-state index in [9.17, 15) is 14.7 Å². The molecule has 0 saturated carbocycles. The number of hydrogen-bond donors (Lipinski definition) is 2. The average molecular weight is 430 g/mol. The molecule has 2 N–H and O–H groups in total. The quantitative estimate of drug-likeness (QED) is 0.250. The summed E-state index contributed by atoms with van der Waals surface area (Å²) < 4.78 is 0. The van der Waals surface area contributed by atoms with E-state index >= 15 is 0 Å². The van der Waals surface area contributed by atoms with Crippen LogP contribution in [0.1, 0.15) is 79.6 Å². The van der Waals surface area contributed by atoms with Gasteiger partial charge in [-0.05, 0) is 38.2 Å². The maximum atomic E-state index is 12.9. The molecule has 0 amide bonds. The molecule has 5 nitrogen and oxygen atoms in total. The number of Topliss-reactive ketones (excluding diaryl/α,β-unsaturated/α-hetero) is 1. The molecule has 0 bridgehead atoms. The van der Waals surface area contributed by atoms with Crippen LogP contribution in [0, 0.1) is 10.8 Å². The van der Waals surface area contributed by atoms with E-state index in [0.29, 0.717) is 40.8 Å². The van der Waals surface area contributed by atoms with Gasteiger partial charge in [0.15, 0.2) is 5.78 Å². The van der Waals surface area contributed by atoms with Crippen LogP contribution in [-0.4, -0.2) is 58.5 Å². The molecule has 0 aromatic carbocycles. The fraction of sp³-hybridized carbons (Fsp3) is 0.826. The monoisotopic (exact) mass is 429 g/mol. The molecule has 0 aliphatic rings. The first-order valence-electron chi connectivity index (χ1n) is 11.0. The Morgan fingerprint density at radius 1 is 1.14 bits per heavy atom. The Morgan fingerprint density at radius 3 is 2.31 bits per heavy atom. The molecule has 0 radical (unpaired) electrons. The predicted octanol–water partition coefficient (Wildman–Crippen LogP) is 4.36. The Balaban J connectivity index is 4.75. The number of aliphatic hydroxyl groups excluding tert-OH is 2. The number of allylic oxidation sites excluding steroid dienone is 1. The summed E-state index contributed by atoms with van der Waals surface area (Å²) in [6.45, 7) is 14.9.